The number of sulfone groups is 1. The molecule has 1 aromatic rings. The van der Waals surface area contributed by atoms with Gasteiger partial charge in [-0.05, 0) is 38.1 Å². The summed E-state index contributed by atoms with van der Waals surface area (Å²) in [5, 5.41) is 3.25. The molecule has 0 unspecified atom stereocenters. The van der Waals surface area contributed by atoms with E-state index in [-0.39, 0.29) is 0 Å². The summed E-state index contributed by atoms with van der Waals surface area (Å²) in [6.07, 6.45) is 4.44. The van der Waals surface area contributed by atoms with Crippen molar-refractivity contribution in [2.24, 2.45) is 11.7 Å². The molecule has 18 heavy (non-hydrogen) atoms. The third-order valence-corrected chi connectivity index (χ3v) is 6.01. The lowest BCUT2D eigenvalue weighted by Crippen LogP contribution is -2.24. The molecule has 1 aromatic heterocycles. The Hall–Kier alpha value is -0.460. The monoisotopic (exact) mass is 288 g/mol. The third kappa shape index (κ3) is 4.03. The molecule has 0 spiro atoms. The number of aryl methyl sites for hydroxylation is 1. The molecule has 0 saturated carbocycles. The lowest BCUT2D eigenvalue weighted by Gasteiger charge is -2.20. The molecule has 0 aliphatic carbocycles. The van der Waals surface area contributed by atoms with Crippen LogP contribution < -0.4 is 5.73 Å². The van der Waals surface area contributed by atoms with Crippen LogP contribution >= 0.6 is 11.3 Å². The van der Waals surface area contributed by atoms with Gasteiger partial charge in [0.05, 0.1) is 22.2 Å². The Balaban J connectivity index is 1.84. The van der Waals surface area contributed by atoms with Gasteiger partial charge in [0.15, 0.2) is 0 Å². The van der Waals surface area contributed by atoms with Crippen molar-refractivity contribution in [3.05, 3.63) is 16.1 Å². The van der Waals surface area contributed by atoms with E-state index in [0.29, 0.717) is 24.0 Å². The highest BCUT2D eigenvalue weighted by Gasteiger charge is 2.24. The fourth-order valence-electron chi connectivity index (χ4n) is 2.23. The molecule has 2 heterocycles. The summed E-state index contributed by atoms with van der Waals surface area (Å²) < 4.78 is 22.7. The van der Waals surface area contributed by atoms with Gasteiger partial charge in [0, 0.05) is 11.8 Å². The van der Waals surface area contributed by atoms with Crippen LogP contribution in [0.3, 0.4) is 0 Å². The minimum atomic E-state index is -2.75. The van der Waals surface area contributed by atoms with Gasteiger partial charge in [-0.15, -0.1) is 11.3 Å². The molecule has 102 valence electrons. The highest BCUT2D eigenvalue weighted by Crippen LogP contribution is 2.24. The average molecular weight is 288 g/mol. The van der Waals surface area contributed by atoms with Gasteiger partial charge in [-0.2, -0.15) is 0 Å². The zero-order chi connectivity index (χ0) is 13.0. The van der Waals surface area contributed by atoms with Crippen molar-refractivity contribution in [2.45, 2.75) is 32.1 Å². The number of hydrogen-bond donors (Lipinski definition) is 1. The highest BCUT2D eigenvalue weighted by molar-refractivity contribution is 7.91. The summed E-state index contributed by atoms with van der Waals surface area (Å²) in [7, 11) is -2.75. The molecule has 0 bridgehead atoms. The average Bonchev–Trinajstić information content (AvgIpc) is 2.77. The van der Waals surface area contributed by atoms with Gasteiger partial charge in [0.1, 0.15) is 9.84 Å². The summed E-state index contributed by atoms with van der Waals surface area (Å²) in [5.41, 5.74) is 6.61. The highest BCUT2D eigenvalue weighted by atomic mass is 32.2. The van der Waals surface area contributed by atoms with Crippen LogP contribution in [0.25, 0.3) is 0 Å². The predicted octanol–water partition coefficient (Wildman–Crippen LogP) is 1.40. The van der Waals surface area contributed by atoms with Crippen molar-refractivity contribution in [1.82, 2.24) is 4.98 Å². The molecule has 2 rings (SSSR count). The molecular weight excluding hydrogens is 268 g/mol. The van der Waals surface area contributed by atoms with Crippen LogP contribution in [-0.2, 0) is 22.7 Å². The standard InChI is InChI=1S/C12H20N2O2S2/c13-5-1-2-11-9-17-12(14-11)8-10-3-6-18(15,16)7-4-10/h9-10H,1-8,13H2. The summed E-state index contributed by atoms with van der Waals surface area (Å²) in [5.74, 6) is 1.19. The number of nitrogens with two attached hydrogens (primary N) is 1. The normalized spacial score (nSPS) is 20.1. The zero-order valence-electron chi connectivity index (χ0n) is 10.5. The summed E-state index contributed by atoms with van der Waals surface area (Å²) in [6.45, 7) is 0.702. The van der Waals surface area contributed by atoms with Crippen molar-refractivity contribution in [1.29, 1.82) is 0 Å². The van der Waals surface area contributed by atoms with E-state index in [2.05, 4.69) is 10.4 Å². The fraction of sp³-hybridized carbons (Fsp3) is 0.750. The number of rotatable bonds is 5. The van der Waals surface area contributed by atoms with Gasteiger partial charge >= 0.3 is 0 Å². The van der Waals surface area contributed by atoms with Crippen LogP contribution in [0.15, 0.2) is 5.38 Å². The van der Waals surface area contributed by atoms with Crippen LogP contribution in [-0.4, -0.2) is 31.5 Å². The second kappa shape index (κ2) is 6.12. The van der Waals surface area contributed by atoms with Crippen LogP contribution in [0, 0.1) is 5.92 Å². The lowest BCUT2D eigenvalue weighted by molar-refractivity contribution is 0.462. The van der Waals surface area contributed by atoms with E-state index in [1.807, 2.05) is 0 Å². The van der Waals surface area contributed by atoms with E-state index < -0.39 is 9.84 Å². The Morgan fingerprint density at radius 2 is 2.11 bits per heavy atom. The Morgan fingerprint density at radius 1 is 1.39 bits per heavy atom. The Morgan fingerprint density at radius 3 is 2.78 bits per heavy atom. The van der Waals surface area contributed by atoms with Crippen LogP contribution in [0.1, 0.15) is 30.0 Å². The maximum atomic E-state index is 11.3. The molecular formula is C12H20N2O2S2. The largest absolute Gasteiger partial charge is 0.330 e. The van der Waals surface area contributed by atoms with Crippen molar-refractivity contribution in [2.75, 3.05) is 18.1 Å². The summed E-state index contributed by atoms with van der Waals surface area (Å²) in [6, 6.07) is 0. The van der Waals surface area contributed by atoms with E-state index in [4.69, 9.17) is 5.73 Å². The van der Waals surface area contributed by atoms with E-state index in [9.17, 15) is 8.42 Å². The topological polar surface area (TPSA) is 73.1 Å². The second-order valence-corrected chi connectivity index (χ2v) is 8.17. The maximum absolute atomic E-state index is 11.3. The molecule has 4 nitrogen and oxygen atoms in total. The van der Waals surface area contributed by atoms with Crippen molar-refractivity contribution in [3.8, 4) is 0 Å². The second-order valence-electron chi connectivity index (χ2n) is 4.92. The molecule has 0 amide bonds. The first kappa shape index (κ1) is 14.0. The van der Waals surface area contributed by atoms with Crippen LogP contribution in [0.2, 0.25) is 0 Å². The van der Waals surface area contributed by atoms with E-state index >= 15 is 0 Å². The summed E-state index contributed by atoms with van der Waals surface area (Å²) in [4.78, 5) is 4.59. The molecule has 1 saturated heterocycles. The van der Waals surface area contributed by atoms with E-state index in [0.717, 1.165) is 42.8 Å². The van der Waals surface area contributed by atoms with Gasteiger partial charge < -0.3 is 5.73 Å². The van der Waals surface area contributed by atoms with Crippen molar-refractivity contribution >= 4 is 21.2 Å². The first-order valence-corrected chi connectivity index (χ1v) is 9.13. The number of thiazole rings is 1. The Bertz CT molecular complexity index is 468. The fourth-order valence-corrected chi connectivity index (χ4v) is 4.76. The van der Waals surface area contributed by atoms with Crippen molar-refractivity contribution in [3.63, 3.8) is 0 Å². The van der Waals surface area contributed by atoms with E-state index in [1.165, 1.54) is 0 Å². The first-order chi connectivity index (χ1) is 8.59. The molecule has 2 N–H and O–H groups in total. The van der Waals surface area contributed by atoms with Crippen LogP contribution in [0.4, 0.5) is 0 Å². The molecule has 0 aromatic carbocycles. The molecule has 0 radical (unpaired) electrons. The Labute approximate surface area is 113 Å². The minimum Gasteiger partial charge on any atom is -0.330 e. The minimum absolute atomic E-state index is 0.350. The quantitative estimate of drug-likeness (QED) is 0.889. The molecule has 1 aliphatic rings. The molecule has 1 aliphatic heterocycles. The smallest absolute Gasteiger partial charge is 0.150 e. The SMILES string of the molecule is NCCCc1csc(CC2CCS(=O)(=O)CC2)n1. The predicted molar refractivity (Wildman–Crippen MR) is 74.6 cm³/mol. The first-order valence-electron chi connectivity index (χ1n) is 6.43. The molecule has 1 fully saturated rings. The van der Waals surface area contributed by atoms with Crippen molar-refractivity contribution < 1.29 is 8.42 Å². The van der Waals surface area contributed by atoms with Gasteiger partial charge in [-0.3, -0.25) is 0 Å². The van der Waals surface area contributed by atoms with Gasteiger partial charge in [-0.25, -0.2) is 13.4 Å². The Kier molecular flexibility index (Phi) is 4.75. The zero-order valence-corrected chi connectivity index (χ0v) is 12.1. The molecule has 6 heteroatoms. The van der Waals surface area contributed by atoms with Crippen LogP contribution in [0.5, 0.6) is 0 Å². The maximum Gasteiger partial charge on any atom is 0.150 e. The lowest BCUT2D eigenvalue weighted by atomic mass is 9.99. The number of hydrogen-bond acceptors (Lipinski definition) is 5. The van der Waals surface area contributed by atoms with E-state index in [1.54, 1.807) is 11.3 Å². The van der Waals surface area contributed by atoms with Gasteiger partial charge in [-0.1, -0.05) is 0 Å². The van der Waals surface area contributed by atoms with Gasteiger partial charge in [0.2, 0.25) is 0 Å². The third-order valence-electron chi connectivity index (χ3n) is 3.37. The summed E-state index contributed by atoms with van der Waals surface area (Å²) >= 11 is 1.69. The number of nitrogens with zero attached hydrogens (tertiary/aromatic N) is 1. The van der Waals surface area contributed by atoms with Gasteiger partial charge in [0.25, 0.3) is 0 Å². The number of aromatic nitrogens is 1. The molecule has 0 atom stereocenters.